The molecule has 0 aromatic heterocycles. The van der Waals surface area contributed by atoms with Crippen LogP contribution in [0.15, 0.2) is 0 Å². The van der Waals surface area contributed by atoms with Crippen molar-refractivity contribution in [3.05, 3.63) is 0 Å². The molecule has 0 radical (unpaired) electrons. The molecular formula is C8H12F6O. The zero-order chi connectivity index (χ0) is 12.7. The van der Waals surface area contributed by atoms with Crippen molar-refractivity contribution in [2.45, 2.75) is 51.2 Å². The fraction of sp³-hybridized carbons (Fsp3) is 1.00. The molecule has 0 aromatic carbocycles. The standard InChI is InChI=1S/C8H12F6O/c1-5(2,7(9,10)11)15-6(3,4)8(12,13)14/h1-4H3. The minimum absolute atomic E-state index is 0.556. The number of halogens is 6. The van der Waals surface area contributed by atoms with Crippen molar-refractivity contribution in [2.75, 3.05) is 0 Å². The van der Waals surface area contributed by atoms with Crippen LogP contribution in [-0.2, 0) is 4.74 Å². The third-order valence-corrected chi connectivity index (χ3v) is 1.88. The highest BCUT2D eigenvalue weighted by atomic mass is 19.4. The minimum Gasteiger partial charge on any atom is -0.351 e. The van der Waals surface area contributed by atoms with Gasteiger partial charge in [-0.05, 0) is 27.7 Å². The number of hydrogen-bond acceptors (Lipinski definition) is 1. The molecule has 0 heterocycles. The van der Waals surface area contributed by atoms with E-state index in [2.05, 4.69) is 4.74 Å². The largest absolute Gasteiger partial charge is 0.416 e. The molecule has 0 aliphatic rings. The SMILES string of the molecule is CC(C)(OC(C)(C)C(F)(F)F)C(F)(F)F. The van der Waals surface area contributed by atoms with Gasteiger partial charge in [0, 0.05) is 0 Å². The van der Waals surface area contributed by atoms with E-state index in [4.69, 9.17) is 0 Å². The zero-order valence-electron chi connectivity index (χ0n) is 8.68. The molecular weight excluding hydrogens is 226 g/mol. The minimum atomic E-state index is -4.85. The lowest BCUT2D eigenvalue weighted by atomic mass is 10.0. The van der Waals surface area contributed by atoms with Crippen molar-refractivity contribution in [2.24, 2.45) is 0 Å². The summed E-state index contributed by atoms with van der Waals surface area (Å²) in [5.41, 5.74) is -5.68. The first-order chi connectivity index (χ1) is 6.21. The van der Waals surface area contributed by atoms with Crippen LogP contribution in [0, 0.1) is 0 Å². The Hall–Kier alpha value is -0.460. The van der Waals surface area contributed by atoms with Crippen LogP contribution in [0.2, 0.25) is 0 Å². The summed E-state index contributed by atoms with van der Waals surface area (Å²) < 4.78 is 77.7. The Bertz CT molecular complexity index is 200. The van der Waals surface area contributed by atoms with Gasteiger partial charge in [0.15, 0.2) is 11.2 Å². The van der Waals surface area contributed by atoms with Gasteiger partial charge in [-0.1, -0.05) is 0 Å². The fourth-order valence-electron chi connectivity index (χ4n) is 0.754. The molecule has 1 nitrogen and oxygen atoms in total. The monoisotopic (exact) mass is 238 g/mol. The Morgan fingerprint density at radius 2 is 0.800 bits per heavy atom. The first-order valence-corrected chi connectivity index (χ1v) is 4.04. The topological polar surface area (TPSA) is 9.23 Å². The van der Waals surface area contributed by atoms with Gasteiger partial charge in [-0.2, -0.15) is 26.3 Å². The average Bonchev–Trinajstić information content (AvgIpc) is 1.77. The van der Waals surface area contributed by atoms with Gasteiger partial charge in [0.2, 0.25) is 0 Å². The lowest BCUT2D eigenvalue weighted by Gasteiger charge is -2.38. The molecule has 0 aliphatic carbocycles. The van der Waals surface area contributed by atoms with Gasteiger partial charge < -0.3 is 4.74 Å². The van der Waals surface area contributed by atoms with Crippen LogP contribution < -0.4 is 0 Å². The van der Waals surface area contributed by atoms with E-state index in [0.717, 1.165) is 0 Å². The highest BCUT2D eigenvalue weighted by molar-refractivity contribution is 4.87. The van der Waals surface area contributed by atoms with E-state index in [1.165, 1.54) is 0 Å². The summed E-state index contributed by atoms with van der Waals surface area (Å²) in [5.74, 6) is 0. The maximum Gasteiger partial charge on any atom is 0.416 e. The maximum atomic E-state index is 12.3. The quantitative estimate of drug-likeness (QED) is 0.667. The molecule has 15 heavy (non-hydrogen) atoms. The van der Waals surface area contributed by atoms with Crippen LogP contribution in [0.1, 0.15) is 27.7 Å². The van der Waals surface area contributed by atoms with Crippen LogP contribution in [0.4, 0.5) is 26.3 Å². The van der Waals surface area contributed by atoms with Crippen LogP contribution in [0.5, 0.6) is 0 Å². The molecule has 0 aromatic rings. The molecule has 0 amide bonds. The molecule has 0 saturated heterocycles. The van der Waals surface area contributed by atoms with E-state index >= 15 is 0 Å². The van der Waals surface area contributed by atoms with Crippen LogP contribution in [0.25, 0.3) is 0 Å². The summed E-state index contributed by atoms with van der Waals surface area (Å²) in [4.78, 5) is 0. The number of hydrogen-bond donors (Lipinski definition) is 0. The van der Waals surface area contributed by atoms with Crippen molar-refractivity contribution in [3.8, 4) is 0 Å². The van der Waals surface area contributed by atoms with E-state index in [0.29, 0.717) is 27.7 Å². The lowest BCUT2D eigenvalue weighted by Crippen LogP contribution is -2.53. The molecule has 0 aliphatic heterocycles. The second-order valence-electron chi connectivity index (χ2n) is 4.12. The van der Waals surface area contributed by atoms with Gasteiger partial charge in [0.05, 0.1) is 0 Å². The van der Waals surface area contributed by atoms with E-state index < -0.39 is 23.6 Å². The number of rotatable bonds is 2. The highest BCUT2D eigenvalue weighted by Crippen LogP contribution is 2.41. The molecule has 0 spiro atoms. The summed E-state index contributed by atoms with van der Waals surface area (Å²) in [5, 5.41) is 0. The van der Waals surface area contributed by atoms with Crippen molar-refractivity contribution < 1.29 is 31.1 Å². The van der Waals surface area contributed by atoms with Crippen LogP contribution in [0.3, 0.4) is 0 Å². The summed E-state index contributed by atoms with van der Waals surface area (Å²) in [6.45, 7) is 2.22. The third-order valence-electron chi connectivity index (χ3n) is 1.88. The van der Waals surface area contributed by atoms with Crippen LogP contribution >= 0.6 is 0 Å². The Morgan fingerprint density at radius 3 is 0.933 bits per heavy atom. The second-order valence-corrected chi connectivity index (χ2v) is 4.12. The third kappa shape index (κ3) is 3.25. The van der Waals surface area contributed by atoms with Crippen molar-refractivity contribution in [3.63, 3.8) is 0 Å². The van der Waals surface area contributed by atoms with Gasteiger partial charge in [0.1, 0.15) is 0 Å². The van der Waals surface area contributed by atoms with E-state index in [9.17, 15) is 26.3 Å². The molecule has 0 rings (SSSR count). The van der Waals surface area contributed by atoms with Crippen molar-refractivity contribution in [1.29, 1.82) is 0 Å². The fourth-order valence-corrected chi connectivity index (χ4v) is 0.754. The molecule has 92 valence electrons. The van der Waals surface area contributed by atoms with Gasteiger partial charge in [-0.15, -0.1) is 0 Å². The Balaban J connectivity index is 4.89. The van der Waals surface area contributed by atoms with E-state index in [1.807, 2.05) is 0 Å². The van der Waals surface area contributed by atoms with Gasteiger partial charge in [-0.25, -0.2) is 0 Å². The normalized spacial score (nSPS) is 15.6. The smallest absolute Gasteiger partial charge is 0.351 e. The number of ether oxygens (including phenoxy) is 1. The van der Waals surface area contributed by atoms with Crippen molar-refractivity contribution in [1.82, 2.24) is 0 Å². The van der Waals surface area contributed by atoms with Gasteiger partial charge >= 0.3 is 12.4 Å². The molecule has 7 heteroatoms. The number of alkyl halides is 6. The van der Waals surface area contributed by atoms with Gasteiger partial charge in [0.25, 0.3) is 0 Å². The highest BCUT2D eigenvalue weighted by Gasteiger charge is 2.57. The molecule has 0 N–H and O–H groups in total. The predicted molar refractivity (Wildman–Crippen MR) is 41.4 cm³/mol. The first-order valence-electron chi connectivity index (χ1n) is 4.04. The Morgan fingerprint density at radius 1 is 0.600 bits per heavy atom. The molecule has 0 saturated carbocycles. The van der Waals surface area contributed by atoms with Crippen LogP contribution in [-0.4, -0.2) is 23.6 Å². The van der Waals surface area contributed by atoms with E-state index in [1.54, 1.807) is 0 Å². The lowest BCUT2D eigenvalue weighted by molar-refractivity contribution is -0.347. The van der Waals surface area contributed by atoms with Gasteiger partial charge in [-0.3, -0.25) is 0 Å². The average molecular weight is 238 g/mol. The van der Waals surface area contributed by atoms with E-state index in [-0.39, 0.29) is 0 Å². The summed E-state index contributed by atoms with van der Waals surface area (Å²) in [7, 11) is 0. The molecule has 0 atom stereocenters. The predicted octanol–water partition coefficient (Wildman–Crippen LogP) is 3.68. The summed E-state index contributed by atoms with van der Waals surface area (Å²) in [6, 6.07) is 0. The van der Waals surface area contributed by atoms with Crippen molar-refractivity contribution >= 4 is 0 Å². The summed E-state index contributed by atoms with van der Waals surface area (Å²) >= 11 is 0. The molecule has 0 bridgehead atoms. The summed E-state index contributed by atoms with van der Waals surface area (Å²) in [6.07, 6.45) is -9.70. The second kappa shape index (κ2) is 3.54. The Labute approximate surface area is 83.4 Å². The molecule has 0 fully saturated rings. The molecule has 0 unspecified atom stereocenters. The Kier molecular flexibility index (Phi) is 3.43. The first kappa shape index (κ1) is 14.5. The maximum absolute atomic E-state index is 12.3. The zero-order valence-corrected chi connectivity index (χ0v) is 8.68.